The summed E-state index contributed by atoms with van der Waals surface area (Å²) in [5.41, 5.74) is 9.00. The number of hydrogen-bond acceptors (Lipinski definition) is 6. The number of aromatic amines is 1. The molecule has 0 radical (unpaired) electrons. The van der Waals surface area contributed by atoms with Gasteiger partial charge in [-0.3, -0.25) is 19.1 Å². The fourth-order valence-electron chi connectivity index (χ4n) is 1.56. The molecule has 0 fully saturated rings. The number of rotatable bonds is 7. The second-order valence-corrected chi connectivity index (χ2v) is 5.27. The zero-order valence-electron chi connectivity index (χ0n) is 12.4. The lowest BCUT2D eigenvalue weighted by molar-refractivity contribution is -0.125. The Morgan fingerprint density at radius 2 is 2.05 bits per heavy atom. The van der Waals surface area contributed by atoms with Crippen LogP contribution >= 0.6 is 0 Å². The molecule has 0 atom stereocenters. The molecule has 0 aliphatic carbocycles. The van der Waals surface area contributed by atoms with Gasteiger partial charge in [-0.1, -0.05) is 0 Å². The Hall–Kier alpha value is -2.29. The summed E-state index contributed by atoms with van der Waals surface area (Å²) in [7, 11) is 1.49. The van der Waals surface area contributed by atoms with Crippen LogP contribution in [0.3, 0.4) is 0 Å². The molecule has 0 unspecified atom stereocenters. The van der Waals surface area contributed by atoms with Crippen LogP contribution in [-0.4, -0.2) is 35.7 Å². The number of nitrogens with one attached hydrogen (secondary N) is 2. The summed E-state index contributed by atoms with van der Waals surface area (Å²) in [6.07, 6.45) is 0. The molecule has 0 spiro atoms. The van der Waals surface area contributed by atoms with Crippen LogP contribution in [0.25, 0.3) is 0 Å². The number of hydrogen-bond donors (Lipinski definition) is 4. The van der Waals surface area contributed by atoms with Gasteiger partial charge >= 0.3 is 5.69 Å². The van der Waals surface area contributed by atoms with Crippen molar-refractivity contribution in [3.05, 3.63) is 20.8 Å². The van der Waals surface area contributed by atoms with Gasteiger partial charge in [0.15, 0.2) is 0 Å². The molecule has 0 bridgehead atoms. The smallest absolute Gasteiger partial charge is 0.330 e. The first-order chi connectivity index (χ1) is 9.70. The summed E-state index contributed by atoms with van der Waals surface area (Å²) in [5, 5.41) is 2.78. The molecule has 9 nitrogen and oxygen atoms in total. The van der Waals surface area contributed by atoms with E-state index in [1.807, 2.05) is 0 Å². The second-order valence-electron chi connectivity index (χ2n) is 5.27. The van der Waals surface area contributed by atoms with Crippen LogP contribution in [0.4, 0.5) is 11.5 Å². The van der Waals surface area contributed by atoms with Gasteiger partial charge in [-0.15, -0.1) is 0 Å². The standard InChI is InChI=1S/C12H21N5O4/c1-12(2,10(14)19)6-15-7-8(13)17(4-5-21-3)11(20)16-9(7)18/h15H,4-6,13H2,1-3H3,(H2,14,19)(H,16,18,20). The maximum absolute atomic E-state index is 11.8. The van der Waals surface area contributed by atoms with Gasteiger partial charge < -0.3 is 21.5 Å². The van der Waals surface area contributed by atoms with Crippen molar-refractivity contribution in [1.29, 1.82) is 0 Å². The Morgan fingerprint density at radius 3 is 2.57 bits per heavy atom. The molecular weight excluding hydrogens is 278 g/mol. The summed E-state index contributed by atoms with van der Waals surface area (Å²) >= 11 is 0. The minimum absolute atomic E-state index is 0.0129. The van der Waals surface area contributed by atoms with E-state index >= 15 is 0 Å². The van der Waals surface area contributed by atoms with Crippen molar-refractivity contribution in [3.63, 3.8) is 0 Å². The molecule has 1 heterocycles. The number of nitrogens with zero attached hydrogens (tertiary/aromatic N) is 1. The molecule has 118 valence electrons. The van der Waals surface area contributed by atoms with Gasteiger partial charge in [-0.2, -0.15) is 0 Å². The van der Waals surface area contributed by atoms with Crippen molar-refractivity contribution >= 4 is 17.4 Å². The van der Waals surface area contributed by atoms with Gasteiger partial charge in [0.25, 0.3) is 5.56 Å². The Balaban J connectivity index is 3.10. The van der Waals surface area contributed by atoms with Crippen LogP contribution in [0.2, 0.25) is 0 Å². The van der Waals surface area contributed by atoms with E-state index in [4.69, 9.17) is 16.2 Å². The molecule has 0 aliphatic heterocycles. The lowest BCUT2D eigenvalue weighted by Gasteiger charge is -2.22. The molecule has 1 aromatic heterocycles. The highest BCUT2D eigenvalue weighted by molar-refractivity contribution is 5.80. The number of ether oxygens (including phenoxy) is 1. The van der Waals surface area contributed by atoms with Crippen molar-refractivity contribution in [2.24, 2.45) is 11.1 Å². The Bertz CT molecular complexity index is 632. The first kappa shape index (κ1) is 16.8. The van der Waals surface area contributed by atoms with Gasteiger partial charge in [0.2, 0.25) is 5.91 Å². The Kier molecular flexibility index (Phi) is 5.14. The van der Waals surface area contributed by atoms with Crippen molar-refractivity contribution in [2.45, 2.75) is 20.4 Å². The number of anilines is 2. The maximum Gasteiger partial charge on any atom is 0.330 e. The van der Waals surface area contributed by atoms with Crippen LogP contribution in [0.1, 0.15) is 13.8 Å². The maximum atomic E-state index is 11.8. The summed E-state index contributed by atoms with van der Waals surface area (Å²) in [4.78, 5) is 36.9. The van der Waals surface area contributed by atoms with E-state index in [1.54, 1.807) is 13.8 Å². The van der Waals surface area contributed by atoms with Crippen LogP contribution < -0.4 is 28.0 Å². The Labute approximate surface area is 121 Å². The number of aromatic nitrogens is 2. The highest BCUT2D eigenvalue weighted by atomic mass is 16.5. The first-order valence-corrected chi connectivity index (χ1v) is 6.36. The monoisotopic (exact) mass is 299 g/mol. The zero-order chi connectivity index (χ0) is 16.2. The van der Waals surface area contributed by atoms with Crippen LogP contribution in [0.5, 0.6) is 0 Å². The van der Waals surface area contributed by atoms with Gasteiger partial charge in [0.05, 0.1) is 18.6 Å². The topological polar surface area (TPSA) is 145 Å². The number of carbonyl (C=O) groups is 1. The van der Waals surface area contributed by atoms with E-state index in [2.05, 4.69) is 10.3 Å². The number of carbonyl (C=O) groups excluding carboxylic acids is 1. The normalized spacial score (nSPS) is 11.4. The lowest BCUT2D eigenvalue weighted by Crippen LogP contribution is -2.40. The minimum Gasteiger partial charge on any atom is -0.383 e. The SMILES string of the molecule is COCCn1c(N)c(NCC(C)(C)C(N)=O)c(=O)[nH]c1=O. The molecule has 9 heteroatoms. The minimum atomic E-state index is -0.869. The van der Waals surface area contributed by atoms with Gasteiger partial charge in [0, 0.05) is 13.7 Å². The third-order valence-corrected chi connectivity index (χ3v) is 3.13. The van der Waals surface area contributed by atoms with Crippen molar-refractivity contribution in [3.8, 4) is 0 Å². The number of nitrogen functional groups attached to an aromatic ring is 1. The number of amides is 1. The fourth-order valence-corrected chi connectivity index (χ4v) is 1.56. The van der Waals surface area contributed by atoms with Crippen molar-refractivity contribution in [2.75, 3.05) is 31.3 Å². The molecule has 1 amide bonds. The number of nitrogens with two attached hydrogens (primary N) is 2. The Morgan fingerprint density at radius 1 is 1.43 bits per heavy atom. The first-order valence-electron chi connectivity index (χ1n) is 6.36. The van der Waals surface area contributed by atoms with Crippen LogP contribution in [0, 0.1) is 5.41 Å². The van der Waals surface area contributed by atoms with Crippen LogP contribution in [0.15, 0.2) is 9.59 Å². The molecule has 0 saturated heterocycles. The fraction of sp³-hybridized carbons (Fsp3) is 0.583. The second kappa shape index (κ2) is 6.44. The number of methoxy groups -OCH3 is 1. The van der Waals surface area contributed by atoms with Gasteiger partial charge in [-0.05, 0) is 13.8 Å². The third-order valence-electron chi connectivity index (χ3n) is 3.13. The predicted molar refractivity (Wildman–Crippen MR) is 79.1 cm³/mol. The molecule has 6 N–H and O–H groups in total. The van der Waals surface area contributed by atoms with Gasteiger partial charge in [-0.25, -0.2) is 4.79 Å². The highest BCUT2D eigenvalue weighted by Crippen LogP contribution is 2.17. The van der Waals surface area contributed by atoms with E-state index in [1.165, 1.54) is 11.7 Å². The molecule has 0 aromatic carbocycles. The van der Waals surface area contributed by atoms with Crippen LogP contribution in [-0.2, 0) is 16.1 Å². The molecule has 1 rings (SSSR count). The summed E-state index contributed by atoms with van der Waals surface area (Å²) < 4.78 is 6.07. The molecular formula is C12H21N5O4. The zero-order valence-corrected chi connectivity index (χ0v) is 12.4. The molecule has 1 aromatic rings. The van der Waals surface area contributed by atoms with Crippen molar-refractivity contribution < 1.29 is 9.53 Å². The average Bonchev–Trinajstić information content (AvgIpc) is 2.37. The quantitative estimate of drug-likeness (QED) is 0.491. The van der Waals surface area contributed by atoms with E-state index in [0.29, 0.717) is 0 Å². The summed E-state index contributed by atoms with van der Waals surface area (Å²) in [5.74, 6) is -0.529. The van der Waals surface area contributed by atoms with E-state index in [-0.39, 0.29) is 31.2 Å². The third kappa shape index (κ3) is 3.85. The highest BCUT2D eigenvalue weighted by Gasteiger charge is 2.25. The van der Waals surface area contributed by atoms with Crippen molar-refractivity contribution in [1.82, 2.24) is 9.55 Å². The predicted octanol–water partition coefficient (Wildman–Crippen LogP) is -1.31. The van der Waals surface area contributed by atoms with E-state index < -0.39 is 22.6 Å². The lowest BCUT2D eigenvalue weighted by atomic mass is 9.93. The number of H-pyrrole nitrogens is 1. The largest absolute Gasteiger partial charge is 0.383 e. The summed E-state index contributed by atoms with van der Waals surface area (Å²) in [6, 6.07) is 0. The molecule has 0 aliphatic rings. The molecule has 0 saturated carbocycles. The van der Waals surface area contributed by atoms with Gasteiger partial charge in [0.1, 0.15) is 11.5 Å². The number of primary amides is 1. The molecule has 21 heavy (non-hydrogen) atoms. The average molecular weight is 299 g/mol. The van der Waals surface area contributed by atoms with E-state index in [9.17, 15) is 14.4 Å². The summed E-state index contributed by atoms with van der Waals surface area (Å²) in [6.45, 7) is 3.84. The van der Waals surface area contributed by atoms with E-state index in [0.717, 1.165) is 0 Å².